The van der Waals surface area contributed by atoms with E-state index in [1.165, 1.54) is 18.3 Å². The fraction of sp³-hybridized carbons (Fsp3) is 0.143. The number of hydrogen-bond acceptors (Lipinski definition) is 3. The van der Waals surface area contributed by atoms with Gasteiger partial charge in [0.15, 0.2) is 0 Å². The number of anilines is 1. The highest BCUT2D eigenvalue weighted by Crippen LogP contribution is 2.29. The molecule has 1 amide bonds. The Morgan fingerprint density at radius 2 is 1.79 bits per heavy atom. The van der Waals surface area contributed by atoms with Crippen LogP contribution in [-0.2, 0) is 24.0 Å². The molecule has 4 nitrogen and oxygen atoms in total. The zero-order valence-electron chi connectivity index (χ0n) is 15.0. The number of aromatic nitrogens is 1. The third kappa shape index (κ3) is 6.22. The number of benzene rings is 2. The van der Waals surface area contributed by atoms with Crippen LogP contribution in [0.2, 0.25) is 5.02 Å². The topological polar surface area (TPSA) is 51.2 Å². The van der Waals surface area contributed by atoms with E-state index in [-0.39, 0.29) is 17.8 Å². The molecule has 0 saturated heterocycles. The molecule has 0 unspecified atom stereocenters. The minimum atomic E-state index is -4.45. The van der Waals surface area contributed by atoms with E-state index >= 15 is 0 Å². The van der Waals surface area contributed by atoms with E-state index in [4.69, 9.17) is 16.3 Å². The summed E-state index contributed by atoms with van der Waals surface area (Å²) in [6.45, 7) is 0.304. The number of hydrogen-bond donors (Lipinski definition) is 1. The van der Waals surface area contributed by atoms with Crippen LogP contribution in [0.25, 0.3) is 0 Å². The molecule has 8 heteroatoms. The second-order valence-electron chi connectivity index (χ2n) is 6.22. The van der Waals surface area contributed by atoms with Crippen LogP contribution in [0.15, 0.2) is 66.9 Å². The minimum Gasteiger partial charge on any atom is -0.489 e. The molecule has 29 heavy (non-hydrogen) atoms. The highest BCUT2D eigenvalue weighted by Gasteiger charge is 2.30. The molecule has 2 aromatic carbocycles. The number of halogens is 4. The van der Waals surface area contributed by atoms with Crippen LogP contribution in [0.5, 0.6) is 5.75 Å². The monoisotopic (exact) mass is 420 g/mol. The third-order valence-electron chi connectivity index (χ3n) is 3.94. The van der Waals surface area contributed by atoms with Gasteiger partial charge in [0.25, 0.3) is 0 Å². The van der Waals surface area contributed by atoms with Gasteiger partial charge < -0.3 is 10.1 Å². The second-order valence-corrected chi connectivity index (χ2v) is 6.65. The Labute approximate surface area is 170 Å². The Morgan fingerprint density at radius 3 is 2.52 bits per heavy atom. The van der Waals surface area contributed by atoms with Gasteiger partial charge in [-0.25, -0.2) is 4.98 Å². The van der Waals surface area contributed by atoms with Crippen molar-refractivity contribution in [1.82, 2.24) is 4.98 Å². The van der Waals surface area contributed by atoms with E-state index in [9.17, 15) is 18.0 Å². The number of nitrogens with zero attached hydrogens (tertiary/aromatic N) is 1. The number of ether oxygens (including phenoxy) is 1. The molecule has 0 aliphatic heterocycles. The van der Waals surface area contributed by atoms with Crippen LogP contribution in [0, 0.1) is 0 Å². The number of carbonyl (C=O) groups is 1. The Kier molecular flexibility index (Phi) is 6.39. The van der Waals surface area contributed by atoms with Gasteiger partial charge in [0, 0.05) is 17.3 Å². The molecule has 150 valence electrons. The predicted octanol–water partition coefficient (Wildman–Crippen LogP) is 5.51. The largest absolute Gasteiger partial charge is 0.489 e. The summed E-state index contributed by atoms with van der Waals surface area (Å²) in [4.78, 5) is 16.2. The zero-order chi connectivity index (χ0) is 20.9. The van der Waals surface area contributed by atoms with E-state index in [1.807, 2.05) is 12.1 Å². The van der Waals surface area contributed by atoms with Crippen molar-refractivity contribution < 1.29 is 22.7 Å². The maximum absolute atomic E-state index is 12.8. The number of nitrogens with one attached hydrogen (secondary N) is 1. The van der Waals surface area contributed by atoms with Gasteiger partial charge in [0.1, 0.15) is 18.2 Å². The van der Waals surface area contributed by atoms with Crippen molar-refractivity contribution in [2.75, 3.05) is 5.32 Å². The van der Waals surface area contributed by atoms with Crippen molar-refractivity contribution in [2.24, 2.45) is 0 Å². The Balaban J connectivity index is 1.59. The van der Waals surface area contributed by atoms with Crippen molar-refractivity contribution in [1.29, 1.82) is 0 Å². The summed E-state index contributed by atoms with van der Waals surface area (Å²) in [6, 6.07) is 15.0. The predicted molar refractivity (Wildman–Crippen MR) is 104 cm³/mol. The van der Waals surface area contributed by atoms with Gasteiger partial charge in [0.05, 0.1) is 12.0 Å². The van der Waals surface area contributed by atoms with E-state index in [2.05, 4.69) is 10.3 Å². The molecule has 3 rings (SSSR count). The van der Waals surface area contributed by atoms with Crippen LogP contribution in [0.1, 0.15) is 16.7 Å². The normalized spacial score (nSPS) is 11.2. The number of rotatable bonds is 6. The number of alkyl halides is 3. The zero-order valence-corrected chi connectivity index (χ0v) is 15.8. The summed E-state index contributed by atoms with van der Waals surface area (Å²) in [5.41, 5.74) is 0.382. The highest BCUT2D eigenvalue weighted by molar-refractivity contribution is 6.30. The molecule has 1 N–H and O–H groups in total. The summed E-state index contributed by atoms with van der Waals surface area (Å²) < 4.78 is 44.0. The van der Waals surface area contributed by atoms with Crippen molar-refractivity contribution in [3.05, 3.63) is 88.6 Å². The van der Waals surface area contributed by atoms with Gasteiger partial charge in [0.2, 0.25) is 5.91 Å². The van der Waals surface area contributed by atoms with Gasteiger partial charge in [-0.15, -0.1) is 0 Å². The average molecular weight is 421 g/mol. The molecule has 0 radical (unpaired) electrons. The molecule has 0 fully saturated rings. The van der Waals surface area contributed by atoms with Gasteiger partial charge in [-0.05, 0) is 35.4 Å². The third-order valence-corrected chi connectivity index (χ3v) is 4.19. The molecule has 1 aromatic heterocycles. The summed E-state index contributed by atoms with van der Waals surface area (Å²) >= 11 is 5.84. The van der Waals surface area contributed by atoms with Gasteiger partial charge in [-0.1, -0.05) is 41.9 Å². The van der Waals surface area contributed by atoms with Crippen LogP contribution in [-0.4, -0.2) is 10.9 Å². The second kappa shape index (κ2) is 8.96. The SMILES string of the molecule is O=C(Cc1cccc(C(F)(F)F)c1)Nc1cc(OCc2ccc(Cl)cc2)ccn1. The Morgan fingerprint density at radius 1 is 1.03 bits per heavy atom. The number of pyridine rings is 1. The summed E-state index contributed by atoms with van der Waals surface area (Å²) in [6.07, 6.45) is -3.19. The summed E-state index contributed by atoms with van der Waals surface area (Å²) in [5.74, 6) is 0.256. The van der Waals surface area contributed by atoms with Crippen LogP contribution in [0.4, 0.5) is 19.0 Å². The standard InChI is InChI=1S/C21H16ClF3N2O2/c22-17-6-4-14(5-7-17)13-29-18-8-9-26-19(12-18)27-20(28)11-15-2-1-3-16(10-15)21(23,24)25/h1-10,12H,11,13H2,(H,26,27,28). The first-order chi connectivity index (χ1) is 13.8. The van der Waals surface area contributed by atoms with Crippen molar-refractivity contribution >= 4 is 23.3 Å². The van der Waals surface area contributed by atoms with Gasteiger partial charge in [-0.3, -0.25) is 4.79 Å². The van der Waals surface area contributed by atoms with Crippen molar-refractivity contribution in [2.45, 2.75) is 19.2 Å². The maximum atomic E-state index is 12.8. The highest BCUT2D eigenvalue weighted by atomic mass is 35.5. The average Bonchev–Trinajstić information content (AvgIpc) is 2.67. The minimum absolute atomic E-state index is 0.207. The first-order valence-corrected chi connectivity index (χ1v) is 8.97. The van der Waals surface area contributed by atoms with Crippen molar-refractivity contribution in [3.8, 4) is 5.75 Å². The lowest BCUT2D eigenvalue weighted by Crippen LogP contribution is -2.16. The number of amides is 1. The molecule has 0 spiro atoms. The molecular formula is C21H16ClF3N2O2. The van der Waals surface area contributed by atoms with E-state index in [1.54, 1.807) is 24.3 Å². The van der Waals surface area contributed by atoms with Gasteiger partial charge in [-0.2, -0.15) is 13.2 Å². The Bertz CT molecular complexity index is 992. The summed E-state index contributed by atoms with van der Waals surface area (Å²) in [7, 11) is 0. The fourth-order valence-corrected chi connectivity index (χ4v) is 2.67. The molecule has 0 aliphatic carbocycles. The van der Waals surface area contributed by atoms with Crippen LogP contribution in [0.3, 0.4) is 0 Å². The van der Waals surface area contributed by atoms with E-state index in [0.717, 1.165) is 17.7 Å². The summed E-state index contributed by atoms with van der Waals surface area (Å²) in [5, 5.41) is 3.19. The first kappa shape index (κ1) is 20.7. The van der Waals surface area contributed by atoms with Gasteiger partial charge >= 0.3 is 6.18 Å². The lowest BCUT2D eigenvalue weighted by Gasteiger charge is -2.10. The molecule has 0 bridgehead atoms. The molecule has 0 saturated carbocycles. The smallest absolute Gasteiger partial charge is 0.416 e. The molecule has 3 aromatic rings. The number of carbonyl (C=O) groups excluding carboxylic acids is 1. The Hall–Kier alpha value is -3.06. The lowest BCUT2D eigenvalue weighted by molar-refractivity contribution is -0.137. The fourth-order valence-electron chi connectivity index (χ4n) is 2.55. The van der Waals surface area contributed by atoms with Crippen molar-refractivity contribution in [3.63, 3.8) is 0 Å². The lowest BCUT2D eigenvalue weighted by atomic mass is 10.1. The quantitative estimate of drug-likeness (QED) is 0.571. The van der Waals surface area contributed by atoms with E-state index in [0.29, 0.717) is 17.4 Å². The first-order valence-electron chi connectivity index (χ1n) is 8.59. The molecule has 0 atom stereocenters. The van der Waals surface area contributed by atoms with Crippen LogP contribution < -0.4 is 10.1 Å². The molecule has 1 heterocycles. The van der Waals surface area contributed by atoms with E-state index < -0.39 is 17.6 Å². The maximum Gasteiger partial charge on any atom is 0.416 e. The molecular weight excluding hydrogens is 405 g/mol. The van der Waals surface area contributed by atoms with Crippen LogP contribution >= 0.6 is 11.6 Å². The molecule has 0 aliphatic rings.